The summed E-state index contributed by atoms with van der Waals surface area (Å²) in [4.78, 5) is 14.7. The summed E-state index contributed by atoms with van der Waals surface area (Å²) >= 11 is 0. The largest absolute Gasteiger partial charge is 0.358 e. The van der Waals surface area contributed by atoms with Crippen LogP contribution in [0, 0.1) is 13.8 Å². The van der Waals surface area contributed by atoms with Crippen LogP contribution in [-0.2, 0) is 13.0 Å². The van der Waals surface area contributed by atoms with Crippen molar-refractivity contribution in [2.24, 2.45) is 0 Å². The number of allylic oxidation sites excluding steroid dienone is 1. The smallest absolute Gasteiger partial charge is 0.253 e. The van der Waals surface area contributed by atoms with Crippen LogP contribution in [0.3, 0.4) is 0 Å². The fraction of sp³-hybridized carbons (Fsp3) is 0.379. The Bertz CT molecular complexity index is 1490. The van der Waals surface area contributed by atoms with Gasteiger partial charge in [0.05, 0.1) is 24.1 Å². The molecule has 4 aromatic rings. The van der Waals surface area contributed by atoms with Crippen molar-refractivity contribution in [3.05, 3.63) is 70.9 Å². The van der Waals surface area contributed by atoms with E-state index in [2.05, 4.69) is 91.2 Å². The number of hydrogen-bond acceptors (Lipinski definition) is 6. The molecule has 193 valence electrons. The molecule has 1 aliphatic heterocycles. The average molecular weight is 505 g/mol. The number of hydrogen-bond donors (Lipinski definition) is 0. The summed E-state index contributed by atoms with van der Waals surface area (Å²) in [6, 6.07) is 10.7. The lowest BCUT2D eigenvalue weighted by Gasteiger charge is -2.29. The van der Waals surface area contributed by atoms with Crippen LogP contribution in [0.2, 0.25) is 12.6 Å². The maximum Gasteiger partial charge on any atom is 0.253 e. The molecule has 1 radical (unpaired) electrons. The minimum absolute atomic E-state index is 0.609. The number of nitrogens with zero attached hydrogens (tertiary/aromatic N) is 8. The Morgan fingerprint density at radius 2 is 1.87 bits per heavy atom. The van der Waals surface area contributed by atoms with E-state index in [0.29, 0.717) is 5.95 Å². The SMILES string of the molecule is Cc1cccc(-c2cnn(-c3nc4c(c(N5CC[B]CC5)n3)CC(c3cc(C)n(CCN(C)C)n3)=C4)c2)c1. The second kappa shape index (κ2) is 10.2. The summed E-state index contributed by atoms with van der Waals surface area (Å²) in [6.45, 7) is 8.03. The van der Waals surface area contributed by atoms with E-state index in [0.717, 1.165) is 73.6 Å². The van der Waals surface area contributed by atoms with Crippen molar-refractivity contribution in [1.29, 1.82) is 0 Å². The molecule has 1 aromatic carbocycles. The zero-order chi connectivity index (χ0) is 26.2. The van der Waals surface area contributed by atoms with Crippen molar-refractivity contribution in [2.45, 2.75) is 39.5 Å². The molecule has 0 saturated carbocycles. The third kappa shape index (κ3) is 4.90. The molecule has 0 bridgehead atoms. The monoisotopic (exact) mass is 505 g/mol. The van der Waals surface area contributed by atoms with Crippen LogP contribution in [0.1, 0.15) is 28.2 Å². The number of rotatable bonds is 7. The first-order chi connectivity index (χ1) is 18.4. The highest BCUT2D eigenvalue weighted by molar-refractivity contribution is 6.36. The fourth-order valence-corrected chi connectivity index (χ4v) is 5.26. The first-order valence-corrected chi connectivity index (χ1v) is 13.4. The Balaban J connectivity index is 1.36. The highest BCUT2D eigenvalue weighted by Gasteiger charge is 2.27. The number of likely N-dealkylation sites (N-methyl/N-ethyl adjacent to an activating group) is 1. The quantitative estimate of drug-likeness (QED) is 0.352. The average Bonchev–Trinajstić information content (AvgIpc) is 3.65. The van der Waals surface area contributed by atoms with Gasteiger partial charge in [0.15, 0.2) is 0 Å². The highest BCUT2D eigenvalue weighted by Crippen LogP contribution is 2.36. The van der Waals surface area contributed by atoms with Gasteiger partial charge in [0.25, 0.3) is 5.95 Å². The summed E-state index contributed by atoms with van der Waals surface area (Å²) in [6.07, 6.45) is 9.06. The van der Waals surface area contributed by atoms with E-state index < -0.39 is 0 Å². The lowest BCUT2D eigenvalue weighted by atomic mass is 9.68. The molecule has 0 unspecified atom stereocenters. The van der Waals surface area contributed by atoms with Crippen LogP contribution in [0.15, 0.2) is 42.7 Å². The van der Waals surface area contributed by atoms with E-state index in [1.165, 1.54) is 22.4 Å². The van der Waals surface area contributed by atoms with Gasteiger partial charge in [-0.15, -0.1) is 0 Å². The number of aryl methyl sites for hydroxylation is 2. The molecule has 2 aliphatic rings. The van der Waals surface area contributed by atoms with Gasteiger partial charge < -0.3 is 9.80 Å². The Morgan fingerprint density at radius 3 is 2.66 bits per heavy atom. The first-order valence-electron chi connectivity index (χ1n) is 13.4. The van der Waals surface area contributed by atoms with Gasteiger partial charge in [-0.1, -0.05) is 42.5 Å². The minimum Gasteiger partial charge on any atom is -0.358 e. The lowest BCUT2D eigenvalue weighted by Crippen LogP contribution is -2.33. The van der Waals surface area contributed by atoms with Gasteiger partial charge in [-0.2, -0.15) is 15.2 Å². The van der Waals surface area contributed by atoms with Crippen LogP contribution in [-0.4, -0.2) is 75.4 Å². The molecule has 0 spiro atoms. The molecular formula is C29H34BN8. The Morgan fingerprint density at radius 1 is 1.03 bits per heavy atom. The summed E-state index contributed by atoms with van der Waals surface area (Å²) in [5.41, 5.74) is 9.00. The fourth-order valence-electron chi connectivity index (χ4n) is 5.26. The maximum atomic E-state index is 5.10. The molecule has 3 aromatic heterocycles. The third-order valence-electron chi connectivity index (χ3n) is 7.40. The van der Waals surface area contributed by atoms with Gasteiger partial charge >= 0.3 is 0 Å². The number of anilines is 1. The highest BCUT2D eigenvalue weighted by atomic mass is 15.4. The van der Waals surface area contributed by atoms with Crippen LogP contribution in [0.5, 0.6) is 0 Å². The summed E-state index contributed by atoms with van der Waals surface area (Å²) in [5, 5.41) is 9.61. The molecule has 8 nitrogen and oxygen atoms in total. The topological polar surface area (TPSA) is 67.9 Å². The maximum absolute atomic E-state index is 5.10. The van der Waals surface area contributed by atoms with Crippen molar-refractivity contribution in [1.82, 2.24) is 34.4 Å². The van der Waals surface area contributed by atoms with Gasteiger partial charge in [-0.25, -0.2) is 9.67 Å². The molecule has 4 heterocycles. The van der Waals surface area contributed by atoms with Gasteiger partial charge in [-0.05, 0) is 51.2 Å². The van der Waals surface area contributed by atoms with Crippen LogP contribution in [0.4, 0.5) is 5.82 Å². The predicted molar refractivity (Wildman–Crippen MR) is 154 cm³/mol. The van der Waals surface area contributed by atoms with E-state index in [1.54, 1.807) is 0 Å². The summed E-state index contributed by atoms with van der Waals surface area (Å²) < 4.78 is 3.91. The van der Waals surface area contributed by atoms with Crippen LogP contribution in [0.25, 0.3) is 28.7 Å². The number of benzene rings is 1. The molecule has 38 heavy (non-hydrogen) atoms. The standard InChI is InChI=1S/C29H34BN8/c1-20-6-5-7-22(14-20)24-18-31-38(19-24)29-32-27-17-23(26-15-21(2)37(34-26)13-12-35(3)4)16-25(27)28(33-29)36-10-8-30-9-11-36/h5-7,14-15,17-19H,8-13,16H2,1-4H3. The summed E-state index contributed by atoms with van der Waals surface area (Å²) in [5.74, 6) is 1.64. The third-order valence-corrected chi connectivity index (χ3v) is 7.40. The molecule has 1 saturated heterocycles. The molecule has 0 N–H and O–H groups in total. The second-order valence-electron chi connectivity index (χ2n) is 10.7. The zero-order valence-electron chi connectivity index (χ0n) is 22.7. The molecule has 9 heteroatoms. The van der Waals surface area contributed by atoms with Crippen molar-refractivity contribution < 1.29 is 0 Å². The number of aromatic nitrogens is 6. The Labute approximate surface area is 225 Å². The first kappa shape index (κ1) is 24.6. The van der Waals surface area contributed by atoms with E-state index in [-0.39, 0.29) is 0 Å². The van der Waals surface area contributed by atoms with Crippen molar-refractivity contribution in [2.75, 3.05) is 38.6 Å². The summed E-state index contributed by atoms with van der Waals surface area (Å²) in [7, 11) is 6.55. The normalized spacial score (nSPS) is 15.1. The van der Waals surface area contributed by atoms with Crippen molar-refractivity contribution in [3.8, 4) is 17.1 Å². The number of fused-ring (bicyclic) bond motifs is 1. The van der Waals surface area contributed by atoms with E-state index in [4.69, 9.17) is 15.1 Å². The molecular weight excluding hydrogens is 471 g/mol. The van der Waals surface area contributed by atoms with Crippen molar-refractivity contribution >= 4 is 24.7 Å². The van der Waals surface area contributed by atoms with Crippen LogP contribution < -0.4 is 4.90 Å². The second-order valence-corrected chi connectivity index (χ2v) is 10.7. The molecule has 6 rings (SSSR count). The van der Waals surface area contributed by atoms with Crippen LogP contribution >= 0.6 is 0 Å². The zero-order valence-corrected chi connectivity index (χ0v) is 22.7. The van der Waals surface area contributed by atoms with Gasteiger partial charge in [-0.3, -0.25) is 4.68 Å². The van der Waals surface area contributed by atoms with Gasteiger partial charge in [0.2, 0.25) is 0 Å². The molecule has 0 atom stereocenters. The molecule has 0 amide bonds. The minimum atomic E-state index is 0.609. The lowest BCUT2D eigenvalue weighted by molar-refractivity contribution is 0.370. The Kier molecular flexibility index (Phi) is 6.61. The molecule has 1 fully saturated rings. The van der Waals surface area contributed by atoms with Gasteiger partial charge in [0.1, 0.15) is 13.1 Å². The van der Waals surface area contributed by atoms with E-state index in [9.17, 15) is 0 Å². The van der Waals surface area contributed by atoms with E-state index in [1.807, 2.05) is 17.1 Å². The predicted octanol–water partition coefficient (Wildman–Crippen LogP) is 4.16. The molecule has 1 aliphatic carbocycles. The Hall–Kier alpha value is -3.72. The van der Waals surface area contributed by atoms with Crippen molar-refractivity contribution in [3.63, 3.8) is 0 Å². The van der Waals surface area contributed by atoms with E-state index >= 15 is 0 Å². The van der Waals surface area contributed by atoms with Gasteiger partial charge in [0, 0.05) is 49.1 Å².